The molecule has 4 aromatic rings. The first-order valence-electron chi connectivity index (χ1n) is 11.5. The Morgan fingerprint density at radius 1 is 1.25 bits per heavy atom. The van der Waals surface area contributed by atoms with Gasteiger partial charge in [-0.05, 0) is 25.1 Å². The van der Waals surface area contributed by atoms with Crippen molar-refractivity contribution in [3.05, 3.63) is 79.2 Å². The van der Waals surface area contributed by atoms with Crippen LogP contribution >= 0.6 is 0 Å². The van der Waals surface area contributed by atoms with Crippen LogP contribution in [0.15, 0.2) is 67.9 Å². The van der Waals surface area contributed by atoms with Crippen molar-refractivity contribution in [2.45, 2.75) is 19.6 Å². The molecule has 1 aliphatic heterocycles. The molecule has 1 fully saturated rings. The second kappa shape index (κ2) is 9.72. The van der Waals surface area contributed by atoms with E-state index in [1.165, 1.54) is 6.08 Å². The molecule has 0 atom stereocenters. The standard InChI is InChI=1S/C25H27N9O2/c1-4-23(36)29-22-8-5-7-21(18-11-28-31(3)12-18)24(22)34(25-26-9-6-10-27-25)33-14-19(17(2)30-33)13-32-15-20(35)16-32/h4-12,14,20,35H,1,13,15-16H2,2-3H3,(H,29,36). The van der Waals surface area contributed by atoms with Gasteiger partial charge in [-0.15, -0.1) is 0 Å². The van der Waals surface area contributed by atoms with Gasteiger partial charge in [0.25, 0.3) is 5.95 Å². The molecule has 5 rings (SSSR count). The molecule has 0 bridgehead atoms. The normalized spacial score (nSPS) is 13.9. The lowest BCUT2D eigenvalue weighted by atomic mass is 10.1. The number of rotatable bonds is 8. The number of hydrogen-bond acceptors (Lipinski definition) is 8. The highest BCUT2D eigenvalue weighted by molar-refractivity contribution is 6.03. The average Bonchev–Trinajstić information content (AvgIpc) is 3.45. The number of aliphatic hydroxyl groups is 1. The Morgan fingerprint density at radius 2 is 2.03 bits per heavy atom. The summed E-state index contributed by atoms with van der Waals surface area (Å²) in [5, 5.41) is 23.5. The van der Waals surface area contributed by atoms with Crippen molar-refractivity contribution in [2.24, 2.45) is 7.05 Å². The van der Waals surface area contributed by atoms with Gasteiger partial charge < -0.3 is 10.4 Å². The smallest absolute Gasteiger partial charge is 0.251 e. The van der Waals surface area contributed by atoms with E-state index in [1.807, 2.05) is 44.6 Å². The van der Waals surface area contributed by atoms with Crippen LogP contribution in [0.25, 0.3) is 11.1 Å². The molecule has 3 aromatic heterocycles. The fraction of sp³-hybridized carbons (Fsp3) is 0.240. The molecular weight excluding hydrogens is 458 g/mol. The van der Waals surface area contributed by atoms with E-state index < -0.39 is 0 Å². The summed E-state index contributed by atoms with van der Waals surface area (Å²) in [4.78, 5) is 25.2. The van der Waals surface area contributed by atoms with Crippen molar-refractivity contribution in [3.63, 3.8) is 0 Å². The van der Waals surface area contributed by atoms with Gasteiger partial charge in [-0.2, -0.15) is 20.0 Å². The Labute approximate surface area is 208 Å². The monoisotopic (exact) mass is 485 g/mol. The molecule has 0 radical (unpaired) electrons. The van der Waals surface area contributed by atoms with Crippen LogP contribution in [0, 0.1) is 6.92 Å². The van der Waals surface area contributed by atoms with Crippen molar-refractivity contribution in [2.75, 3.05) is 23.4 Å². The van der Waals surface area contributed by atoms with E-state index in [1.54, 1.807) is 39.1 Å². The zero-order chi connectivity index (χ0) is 25.2. The molecule has 4 heterocycles. The summed E-state index contributed by atoms with van der Waals surface area (Å²) in [6.45, 7) is 7.47. The molecule has 36 heavy (non-hydrogen) atoms. The number of para-hydroxylation sites is 1. The Morgan fingerprint density at radius 3 is 2.69 bits per heavy atom. The van der Waals surface area contributed by atoms with Gasteiger partial charge in [0.15, 0.2) is 0 Å². The summed E-state index contributed by atoms with van der Waals surface area (Å²) in [6.07, 6.45) is 9.84. The van der Waals surface area contributed by atoms with E-state index in [9.17, 15) is 9.90 Å². The number of aromatic nitrogens is 6. The van der Waals surface area contributed by atoms with E-state index >= 15 is 0 Å². The molecular formula is C25H27N9O2. The summed E-state index contributed by atoms with van der Waals surface area (Å²) >= 11 is 0. The number of nitrogens with one attached hydrogen (secondary N) is 1. The summed E-state index contributed by atoms with van der Waals surface area (Å²) in [5.41, 5.74) is 4.67. The van der Waals surface area contributed by atoms with Gasteiger partial charge in [0, 0.05) is 62.0 Å². The number of aryl methyl sites for hydroxylation is 2. The van der Waals surface area contributed by atoms with E-state index in [2.05, 4.69) is 31.9 Å². The SMILES string of the molecule is C=CC(=O)Nc1cccc(-c2cnn(C)c2)c1N(c1ncccn1)n1cc(CN2CC(O)C2)c(C)n1. The van der Waals surface area contributed by atoms with Crippen LogP contribution in [0.3, 0.4) is 0 Å². The van der Waals surface area contributed by atoms with Crippen LogP contribution in [0.4, 0.5) is 17.3 Å². The first-order chi connectivity index (χ1) is 17.4. The van der Waals surface area contributed by atoms with E-state index in [0.29, 0.717) is 37.0 Å². The molecule has 1 aromatic carbocycles. The van der Waals surface area contributed by atoms with Crippen molar-refractivity contribution in [1.82, 2.24) is 34.5 Å². The number of anilines is 3. The Balaban J connectivity index is 1.68. The Kier molecular flexibility index (Phi) is 6.32. The van der Waals surface area contributed by atoms with Gasteiger partial charge in [0.1, 0.15) is 5.69 Å². The lowest BCUT2D eigenvalue weighted by molar-refractivity contribution is -0.111. The zero-order valence-electron chi connectivity index (χ0n) is 20.1. The van der Waals surface area contributed by atoms with Gasteiger partial charge in [0.05, 0.1) is 29.9 Å². The van der Waals surface area contributed by atoms with Crippen molar-refractivity contribution < 1.29 is 9.90 Å². The van der Waals surface area contributed by atoms with Gasteiger partial charge in [-0.1, -0.05) is 18.7 Å². The fourth-order valence-corrected chi connectivity index (χ4v) is 4.19. The summed E-state index contributed by atoms with van der Waals surface area (Å²) < 4.78 is 1.72. The fourth-order valence-electron chi connectivity index (χ4n) is 4.19. The predicted molar refractivity (Wildman–Crippen MR) is 135 cm³/mol. The van der Waals surface area contributed by atoms with Gasteiger partial charge >= 0.3 is 0 Å². The van der Waals surface area contributed by atoms with Crippen LogP contribution in [0.5, 0.6) is 0 Å². The molecule has 0 aliphatic carbocycles. The van der Waals surface area contributed by atoms with Crippen LogP contribution in [-0.2, 0) is 18.4 Å². The molecule has 1 amide bonds. The van der Waals surface area contributed by atoms with Crippen molar-refractivity contribution >= 4 is 23.2 Å². The lowest BCUT2D eigenvalue weighted by Gasteiger charge is -2.35. The Hall–Kier alpha value is -4.35. The Bertz CT molecular complexity index is 1390. The van der Waals surface area contributed by atoms with E-state index in [0.717, 1.165) is 22.4 Å². The summed E-state index contributed by atoms with van der Waals surface area (Å²) in [6, 6.07) is 7.36. The minimum absolute atomic E-state index is 0.281. The molecule has 184 valence electrons. The first kappa shape index (κ1) is 23.4. The molecule has 11 heteroatoms. The molecule has 1 aliphatic rings. The van der Waals surface area contributed by atoms with E-state index in [-0.39, 0.29) is 12.0 Å². The van der Waals surface area contributed by atoms with Crippen molar-refractivity contribution in [3.8, 4) is 11.1 Å². The summed E-state index contributed by atoms with van der Waals surface area (Å²) in [7, 11) is 1.85. The molecule has 0 saturated carbocycles. The highest BCUT2D eigenvalue weighted by atomic mass is 16.3. The maximum Gasteiger partial charge on any atom is 0.251 e. The van der Waals surface area contributed by atoms with Crippen molar-refractivity contribution in [1.29, 1.82) is 0 Å². The highest BCUT2D eigenvalue weighted by Crippen LogP contribution is 2.40. The number of carbonyl (C=O) groups excluding carboxylic acids is 1. The molecule has 1 saturated heterocycles. The third-order valence-electron chi connectivity index (χ3n) is 5.97. The number of β-amino-alcohol motifs (C(OH)–C–C–N with tert-alkyl or cyclic N) is 1. The zero-order valence-corrected chi connectivity index (χ0v) is 20.1. The highest BCUT2D eigenvalue weighted by Gasteiger charge is 2.28. The molecule has 2 N–H and O–H groups in total. The quantitative estimate of drug-likeness (QED) is 0.365. The molecule has 11 nitrogen and oxygen atoms in total. The minimum atomic E-state index is -0.345. The maximum absolute atomic E-state index is 12.4. The average molecular weight is 486 g/mol. The van der Waals surface area contributed by atoms with E-state index in [4.69, 9.17) is 5.10 Å². The number of carbonyl (C=O) groups is 1. The third kappa shape index (κ3) is 4.61. The second-order valence-electron chi connectivity index (χ2n) is 8.67. The number of nitrogens with zero attached hydrogens (tertiary/aromatic N) is 8. The van der Waals surface area contributed by atoms with Crippen LogP contribution in [0.1, 0.15) is 11.3 Å². The van der Waals surface area contributed by atoms with Gasteiger partial charge in [-0.25, -0.2) is 9.97 Å². The summed E-state index contributed by atoms with van der Waals surface area (Å²) in [5.74, 6) is 0.0264. The van der Waals surface area contributed by atoms with Crippen LogP contribution < -0.4 is 10.3 Å². The molecule has 0 unspecified atom stereocenters. The number of amides is 1. The largest absolute Gasteiger partial charge is 0.390 e. The van der Waals surface area contributed by atoms with Gasteiger partial charge in [0.2, 0.25) is 5.91 Å². The lowest BCUT2D eigenvalue weighted by Crippen LogP contribution is -2.49. The van der Waals surface area contributed by atoms with Crippen LogP contribution in [0.2, 0.25) is 0 Å². The number of hydrogen-bond donors (Lipinski definition) is 2. The topological polar surface area (TPSA) is 117 Å². The molecule has 0 spiro atoms. The van der Waals surface area contributed by atoms with Gasteiger partial charge in [-0.3, -0.25) is 14.4 Å². The number of likely N-dealkylation sites (tertiary alicyclic amines) is 1. The van der Waals surface area contributed by atoms with Crippen LogP contribution in [-0.4, -0.2) is 64.7 Å². The maximum atomic E-state index is 12.4. The third-order valence-corrected chi connectivity index (χ3v) is 5.97. The number of benzene rings is 1. The predicted octanol–water partition coefficient (Wildman–Crippen LogP) is 2.28. The first-order valence-corrected chi connectivity index (χ1v) is 11.5. The number of aliphatic hydroxyl groups excluding tert-OH is 1. The minimum Gasteiger partial charge on any atom is -0.390 e. The second-order valence-corrected chi connectivity index (χ2v) is 8.67.